The molecule has 7 heteroatoms. The number of pyridine rings is 2. The average molecular weight is 318 g/mol. The van der Waals surface area contributed by atoms with Gasteiger partial charge in [0, 0.05) is 11.8 Å². The molecule has 4 nitrogen and oxygen atoms in total. The van der Waals surface area contributed by atoms with Gasteiger partial charge in [-0.05, 0) is 18.2 Å². The predicted molar refractivity (Wildman–Crippen MR) is 72.6 cm³/mol. The van der Waals surface area contributed by atoms with Gasteiger partial charge in [-0.3, -0.25) is 0 Å². The molecule has 0 N–H and O–H groups in total. The second-order valence-corrected chi connectivity index (χ2v) is 4.66. The summed E-state index contributed by atoms with van der Waals surface area (Å²) in [4.78, 5) is 19.4. The van der Waals surface area contributed by atoms with Crippen LogP contribution >= 0.6 is 34.8 Å². The zero-order valence-corrected chi connectivity index (χ0v) is 11.7. The van der Waals surface area contributed by atoms with Crippen molar-refractivity contribution in [2.24, 2.45) is 0 Å². The van der Waals surface area contributed by atoms with Crippen LogP contribution in [0.3, 0.4) is 0 Å². The van der Waals surface area contributed by atoms with Crippen LogP contribution in [0.4, 0.5) is 0 Å². The average Bonchev–Trinajstić information content (AvgIpc) is 2.36. The number of hydrogen-bond acceptors (Lipinski definition) is 4. The molecular weight excluding hydrogens is 311 g/mol. The Bertz CT molecular complexity index is 599. The molecule has 0 bridgehead atoms. The van der Waals surface area contributed by atoms with Gasteiger partial charge < -0.3 is 4.74 Å². The van der Waals surface area contributed by atoms with E-state index in [1.54, 1.807) is 18.3 Å². The highest BCUT2D eigenvalue weighted by molar-refractivity contribution is 6.33. The number of hydrogen-bond donors (Lipinski definition) is 0. The zero-order valence-electron chi connectivity index (χ0n) is 9.44. The van der Waals surface area contributed by atoms with Gasteiger partial charge >= 0.3 is 5.97 Å². The van der Waals surface area contributed by atoms with E-state index in [2.05, 4.69) is 9.97 Å². The minimum Gasteiger partial charge on any atom is -0.457 e. The van der Waals surface area contributed by atoms with Crippen LogP contribution in [0.2, 0.25) is 15.5 Å². The summed E-state index contributed by atoms with van der Waals surface area (Å²) in [6.45, 7) is 0.0169. The van der Waals surface area contributed by atoms with Crippen LogP contribution in [0.25, 0.3) is 0 Å². The lowest BCUT2D eigenvalue weighted by Crippen LogP contribution is -2.06. The van der Waals surface area contributed by atoms with Crippen LogP contribution in [0.5, 0.6) is 0 Å². The van der Waals surface area contributed by atoms with E-state index >= 15 is 0 Å². The van der Waals surface area contributed by atoms with E-state index in [1.807, 2.05) is 0 Å². The lowest BCUT2D eigenvalue weighted by molar-refractivity contribution is 0.0472. The molecule has 0 amide bonds. The Morgan fingerprint density at radius 2 is 1.89 bits per heavy atom. The van der Waals surface area contributed by atoms with Crippen molar-refractivity contribution in [2.45, 2.75) is 6.61 Å². The first-order chi connectivity index (χ1) is 9.06. The minimum absolute atomic E-state index is 0.0169. The fourth-order valence-corrected chi connectivity index (χ4v) is 1.97. The normalized spacial score (nSPS) is 10.3. The Hall–Kier alpha value is -1.36. The maximum Gasteiger partial charge on any atom is 0.338 e. The number of carbonyl (C=O) groups is 1. The van der Waals surface area contributed by atoms with E-state index in [0.717, 1.165) is 0 Å². The summed E-state index contributed by atoms with van der Waals surface area (Å²) in [7, 11) is 0. The lowest BCUT2D eigenvalue weighted by atomic mass is 10.2. The molecule has 0 unspecified atom stereocenters. The third kappa shape index (κ3) is 3.80. The molecule has 2 aromatic rings. The molecule has 98 valence electrons. The van der Waals surface area contributed by atoms with Crippen LogP contribution in [0, 0.1) is 0 Å². The van der Waals surface area contributed by atoms with Crippen molar-refractivity contribution in [1.29, 1.82) is 0 Å². The van der Waals surface area contributed by atoms with Gasteiger partial charge in [-0.15, -0.1) is 0 Å². The Kier molecular flexibility index (Phi) is 4.58. The van der Waals surface area contributed by atoms with E-state index < -0.39 is 5.97 Å². The van der Waals surface area contributed by atoms with Crippen molar-refractivity contribution in [1.82, 2.24) is 9.97 Å². The molecule has 2 rings (SSSR count). The van der Waals surface area contributed by atoms with Gasteiger partial charge in [0.1, 0.15) is 22.1 Å². The SMILES string of the molecule is O=C(OCc1cccnc1Cl)c1cc(Cl)nc(Cl)c1. The lowest BCUT2D eigenvalue weighted by Gasteiger charge is -2.06. The highest BCUT2D eigenvalue weighted by atomic mass is 35.5. The highest BCUT2D eigenvalue weighted by Crippen LogP contribution is 2.17. The molecular formula is C12H7Cl3N2O2. The van der Waals surface area contributed by atoms with E-state index in [9.17, 15) is 4.79 Å². The highest BCUT2D eigenvalue weighted by Gasteiger charge is 2.11. The maximum absolute atomic E-state index is 11.8. The van der Waals surface area contributed by atoms with E-state index in [4.69, 9.17) is 39.5 Å². The van der Waals surface area contributed by atoms with Gasteiger partial charge in [0.15, 0.2) is 0 Å². The molecule has 0 saturated carbocycles. The summed E-state index contributed by atoms with van der Waals surface area (Å²) in [6.07, 6.45) is 1.55. The molecule has 0 atom stereocenters. The van der Waals surface area contributed by atoms with Crippen molar-refractivity contribution >= 4 is 40.8 Å². The Balaban J connectivity index is 2.08. The van der Waals surface area contributed by atoms with Gasteiger partial charge in [-0.2, -0.15) is 0 Å². The number of ether oxygens (including phenoxy) is 1. The van der Waals surface area contributed by atoms with Crippen molar-refractivity contribution in [3.05, 3.63) is 57.0 Å². The third-order valence-corrected chi connectivity index (χ3v) is 2.92. The van der Waals surface area contributed by atoms with E-state index in [1.165, 1.54) is 12.1 Å². The van der Waals surface area contributed by atoms with Crippen LogP contribution in [0.15, 0.2) is 30.5 Å². The Labute approximate surface area is 124 Å². The van der Waals surface area contributed by atoms with Gasteiger partial charge in [0.05, 0.1) is 5.56 Å². The second kappa shape index (κ2) is 6.19. The summed E-state index contributed by atoms with van der Waals surface area (Å²) in [5.74, 6) is -0.564. The molecule has 0 saturated heterocycles. The van der Waals surface area contributed by atoms with Gasteiger partial charge in [0.25, 0.3) is 0 Å². The quantitative estimate of drug-likeness (QED) is 0.638. The summed E-state index contributed by atoms with van der Waals surface area (Å²) < 4.78 is 5.10. The molecule has 0 aliphatic carbocycles. The molecule has 0 aromatic carbocycles. The molecule has 2 aromatic heterocycles. The number of halogens is 3. The Morgan fingerprint density at radius 1 is 1.21 bits per heavy atom. The van der Waals surface area contributed by atoms with Crippen molar-refractivity contribution < 1.29 is 9.53 Å². The molecule has 0 aliphatic rings. The van der Waals surface area contributed by atoms with E-state index in [0.29, 0.717) is 10.7 Å². The molecule has 0 spiro atoms. The summed E-state index contributed by atoms with van der Waals surface area (Å²) in [5, 5.41) is 0.541. The van der Waals surface area contributed by atoms with E-state index in [-0.39, 0.29) is 22.5 Å². The molecule has 0 radical (unpaired) electrons. The van der Waals surface area contributed by atoms with Crippen LogP contribution in [-0.4, -0.2) is 15.9 Å². The van der Waals surface area contributed by atoms with Gasteiger partial charge in [-0.25, -0.2) is 14.8 Å². The monoisotopic (exact) mass is 316 g/mol. The third-order valence-electron chi connectivity index (χ3n) is 2.19. The van der Waals surface area contributed by atoms with Gasteiger partial charge in [0.2, 0.25) is 0 Å². The first-order valence-corrected chi connectivity index (χ1v) is 6.29. The second-order valence-electron chi connectivity index (χ2n) is 3.53. The molecule has 19 heavy (non-hydrogen) atoms. The number of rotatable bonds is 3. The summed E-state index contributed by atoms with van der Waals surface area (Å²) >= 11 is 17.3. The summed E-state index contributed by atoms with van der Waals surface area (Å²) in [6, 6.07) is 6.17. The summed E-state index contributed by atoms with van der Waals surface area (Å²) in [5.41, 5.74) is 0.841. The van der Waals surface area contributed by atoms with Crippen molar-refractivity contribution in [3.8, 4) is 0 Å². The van der Waals surface area contributed by atoms with Crippen molar-refractivity contribution in [3.63, 3.8) is 0 Å². The fourth-order valence-electron chi connectivity index (χ4n) is 1.34. The Morgan fingerprint density at radius 3 is 2.53 bits per heavy atom. The smallest absolute Gasteiger partial charge is 0.338 e. The zero-order chi connectivity index (χ0) is 13.8. The molecule has 0 fully saturated rings. The molecule has 2 heterocycles. The van der Waals surface area contributed by atoms with Gasteiger partial charge in [-0.1, -0.05) is 40.9 Å². The predicted octanol–water partition coefficient (Wildman–Crippen LogP) is 3.79. The molecule has 0 aliphatic heterocycles. The number of carbonyl (C=O) groups excluding carboxylic acids is 1. The standard InChI is InChI=1S/C12H7Cl3N2O2/c13-9-4-8(5-10(14)17-9)12(18)19-6-7-2-1-3-16-11(7)15/h1-5H,6H2. The minimum atomic E-state index is -0.564. The largest absolute Gasteiger partial charge is 0.457 e. The van der Waals surface area contributed by atoms with Crippen LogP contribution in [0.1, 0.15) is 15.9 Å². The van der Waals surface area contributed by atoms with Crippen LogP contribution < -0.4 is 0 Å². The maximum atomic E-state index is 11.8. The first kappa shape index (κ1) is 14.1. The van der Waals surface area contributed by atoms with Crippen molar-refractivity contribution in [2.75, 3.05) is 0 Å². The first-order valence-electron chi connectivity index (χ1n) is 5.16. The fraction of sp³-hybridized carbons (Fsp3) is 0.0833. The number of esters is 1. The van der Waals surface area contributed by atoms with Crippen LogP contribution in [-0.2, 0) is 11.3 Å². The topological polar surface area (TPSA) is 52.1 Å². The number of nitrogens with zero attached hydrogens (tertiary/aromatic N) is 2. The number of aromatic nitrogens is 2.